The van der Waals surface area contributed by atoms with Crippen LogP contribution >= 0.6 is 23.2 Å². The van der Waals surface area contributed by atoms with Crippen molar-refractivity contribution in [2.75, 3.05) is 12.8 Å². The van der Waals surface area contributed by atoms with Gasteiger partial charge in [-0.15, -0.1) is 0 Å². The highest BCUT2D eigenvalue weighted by Gasteiger charge is 2.37. The van der Waals surface area contributed by atoms with Crippen LogP contribution in [0.15, 0.2) is 12.3 Å². The second-order valence-electron chi connectivity index (χ2n) is 8.06. The molecule has 13 heteroatoms. The minimum absolute atomic E-state index is 0.0746. The number of rotatable bonds is 6. The molecule has 0 bridgehead atoms. The number of pyridine rings is 1. The quantitative estimate of drug-likeness (QED) is 0.554. The summed E-state index contributed by atoms with van der Waals surface area (Å²) in [5.74, 6) is -0.523. The molecular weight excluding hydrogens is 504 g/mol. The van der Waals surface area contributed by atoms with E-state index in [0.717, 1.165) is 6.20 Å². The Morgan fingerprint density at radius 2 is 1.88 bits per heavy atom. The van der Waals surface area contributed by atoms with Gasteiger partial charge >= 0.3 is 6.18 Å². The highest BCUT2D eigenvalue weighted by molar-refractivity contribution is 7.91. The Hall–Kier alpha value is -1.85. The van der Waals surface area contributed by atoms with Gasteiger partial charge in [-0.2, -0.15) is 18.3 Å². The molecule has 0 saturated heterocycles. The minimum atomic E-state index is -4.72. The summed E-state index contributed by atoms with van der Waals surface area (Å²) in [6, 6.07) is 0.701. The van der Waals surface area contributed by atoms with E-state index >= 15 is 0 Å². The molecule has 182 valence electrons. The highest BCUT2D eigenvalue weighted by Crippen LogP contribution is 2.41. The highest BCUT2D eigenvalue weighted by atomic mass is 35.5. The van der Waals surface area contributed by atoms with Gasteiger partial charge in [-0.25, -0.2) is 13.4 Å². The van der Waals surface area contributed by atoms with Crippen molar-refractivity contribution in [1.29, 1.82) is 0 Å². The van der Waals surface area contributed by atoms with Gasteiger partial charge in [-0.1, -0.05) is 23.2 Å². The zero-order valence-corrected chi connectivity index (χ0v) is 20.2. The summed E-state index contributed by atoms with van der Waals surface area (Å²) >= 11 is 12.0. The van der Waals surface area contributed by atoms with Crippen molar-refractivity contribution in [2.24, 2.45) is 5.92 Å². The van der Waals surface area contributed by atoms with E-state index in [0.29, 0.717) is 31.7 Å². The van der Waals surface area contributed by atoms with E-state index in [4.69, 9.17) is 23.2 Å². The number of halogens is 5. The number of sulfone groups is 1. The molecule has 0 aromatic carbocycles. The van der Waals surface area contributed by atoms with Gasteiger partial charge in [-0.05, 0) is 44.6 Å². The van der Waals surface area contributed by atoms with Crippen LogP contribution in [0.4, 0.5) is 13.2 Å². The topological polar surface area (TPSA) is 94.0 Å². The van der Waals surface area contributed by atoms with Crippen LogP contribution in [0.25, 0.3) is 11.3 Å². The number of aryl methyl sites for hydroxylation is 1. The maximum Gasteiger partial charge on any atom is 0.417 e. The van der Waals surface area contributed by atoms with Crippen LogP contribution in [0.5, 0.6) is 0 Å². The molecule has 0 unspecified atom stereocenters. The molecule has 7 nitrogen and oxygen atoms in total. The lowest BCUT2D eigenvalue weighted by atomic mass is 9.89. The molecule has 0 atom stereocenters. The number of aromatic nitrogens is 3. The fourth-order valence-corrected chi connectivity index (χ4v) is 5.62. The van der Waals surface area contributed by atoms with Crippen LogP contribution in [0.3, 0.4) is 0 Å². The number of nitrogens with zero attached hydrogens (tertiary/aromatic N) is 3. The fourth-order valence-electron chi connectivity index (χ4n) is 4.01. The van der Waals surface area contributed by atoms with Crippen LogP contribution < -0.4 is 5.32 Å². The number of hydrogen-bond donors (Lipinski definition) is 1. The molecule has 0 aliphatic heterocycles. The molecule has 0 spiro atoms. The summed E-state index contributed by atoms with van der Waals surface area (Å²) in [5.41, 5.74) is -1.63. The standard InChI is InChI=1S/C20H23Cl2F3N4O3S/c1-3-29-18(13-10-26-15(21)8-14(13)20(23,24)25)16(22)17(28-29)19(30)27-9-11-4-6-12(7-5-11)33(2,31)32/h8,10-12H,3-7,9H2,1-2H3,(H,27,30). The molecule has 1 amide bonds. The van der Waals surface area contributed by atoms with Crippen molar-refractivity contribution in [3.63, 3.8) is 0 Å². The molecule has 1 saturated carbocycles. The van der Waals surface area contributed by atoms with E-state index in [1.807, 2.05) is 0 Å². The number of alkyl halides is 3. The maximum absolute atomic E-state index is 13.6. The van der Waals surface area contributed by atoms with E-state index in [-0.39, 0.29) is 51.4 Å². The first kappa shape index (κ1) is 25.8. The van der Waals surface area contributed by atoms with Gasteiger partial charge in [-0.3, -0.25) is 9.48 Å². The summed E-state index contributed by atoms with van der Waals surface area (Å²) in [4.78, 5) is 16.5. The van der Waals surface area contributed by atoms with E-state index in [9.17, 15) is 26.4 Å². The van der Waals surface area contributed by atoms with E-state index in [2.05, 4.69) is 15.4 Å². The summed E-state index contributed by atoms with van der Waals surface area (Å²) in [5, 5.41) is 5.94. The van der Waals surface area contributed by atoms with Crippen LogP contribution in [0.2, 0.25) is 10.2 Å². The largest absolute Gasteiger partial charge is 0.417 e. The third kappa shape index (κ3) is 5.81. The van der Waals surface area contributed by atoms with Gasteiger partial charge in [0.1, 0.15) is 15.0 Å². The van der Waals surface area contributed by atoms with Gasteiger partial charge in [0.05, 0.1) is 21.5 Å². The lowest BCUT2D eigenvalue weighted by molar-refractivity contribution is -0.137. The van der Waals surface area contributed by atoms with Gasteiger partial charge in [0.25, 0.3) is 5.91 Å². The van der Waals surface area contributed by atoms with Gasteiger partial charge in [0.15, 0.2) is 5.69 Å². The van der Waals surface area contributed by atoms with Crippen LogP contribution in [0, 0.1) is 5.92 Å². The van der Waals surface area contributed by atoms with Crippen molar-refractivity contribution in [2.45, 2.75) is 50.6 Å². The predicted octanol–water partition coefficient (Wildman–Crippen LogP) is 4.62. The Bertz CT molecular complexity index is 1140. The van der Waals surface area contributed by atoms with E-state index < -0.39 is 27.5 Å². The third-order valence-corrected chi connectivity index (χ3v) is 8.04. The van der Waals surface area contributed by atoms with Crippen molar-refractivity contribution in [3.05, 3.63) is 33.7 Å². The van der Waals surface area contributed by atoms with E-state index in [1.165, 1.54) is 10.9 Å². The Balaban J connectivity index is 1.81. The van der Waals surface area contributed by atoms with Crippen LogP contribution in [-0.4, -0.2) is 47.1 Å². The number of amides is 1. The fraction of sp³-hybridized carbons (Fsp3) is 0.550. The maximum atomic E-state index is 13.6. The zero-order valence-electron chi connectivity index (χ0n) is 17.9. The molecule has 33 heavy (non-hydrogen) atoms. The van der Waals surface area contributed by atoms with Crippen molar-refractivity contribution in [3.8, 4) is 11.3 Å². The third-order valence-electron chi connectivity index (χ3n) is 5.79. The van der Waals surface area contributed by atoms with E-state index in [1.54, 1.807) is 6.92 Å². The summed E-state index contributed by atoms with van der Waals surface area (Å²) in [6.45, 7) is 2.11. The Kier molecular flexibility index (Phi) is 7.65. The molecule has 1 fully saturated rings. The van der Waals surface area contributed by atoms with Gasteiger partial charge in [0.2, 0.25) is 0 Å². The monoisotopic (exact) mass is 526 g/mol. The Morgan fingerprint density at radius 1 is 1.24 bits per heavy atom. The second-order valence-corrected chi connectivity index (χ2v) is 11.2. The molecule has 2 aromatic rings. The minimum Gasteiger partial charge on any atom is -0.350 e. The number of hydrogen-bond acceptors (Lipinski definition) is 5. The molecule has 0 radical (unpaired) electrons. The molecule has 1 N–H and O–H groups in total. The molecule has 3 rings (SSSR count). The van der Waals surface area contributed by atoms with Crippen LogP contribution in [-0.2, 0) is 22.6 Å². The summed E-state index contributed by atoms with van der Waals surface area (Å²) < 4.78 is 65.4. The Morgan fingerprint density at radius 3 is 2.42 bits per heavy atom. The summed E-state index contributed by atoms with van der Waals surface area (Å²) in [6.07, 6.45) is -0.193. The molecule has 2 aromatic heterocycles. The number of carbonyl (C=O) groups is 1. The number of carbonyl (C=O) groups excluding carboxylic acids is 1. The average Bonchev–Trinajstić information content (AvgIpc) is 3.07. The first-order chi connectivity index (χ1) is 15.3. The summed E-state index contributed by atoms with van der Waals surface area (Å²) in [7, 11) is -3.09. The van der Waals surface area contributed by atoms with Crippen LogP contribution in [0.1, 0.15) is 48.7 Å². The molecule has 2 heterocycles. The van der Waals surface area contributed by atoms with Gasteiger partial charge in [0, 0.05) is 31.1 Å². The molecule has 1 aliphatic rings. The molecular formula is C20H23Cl2F3N4O3S. The Labute approximate surface area is 199 Å². The van der Waals surface area contributed by atoms with Gasteiger partial charge < -0.3 is 5.32 Å². The zero-order chi connectivity index (χ0) is 24.6. The predicted molar refractivity (Wildman–Crippen MR) is 119 cm³/mol. The molecule has 1 aliphatic carbocycles. The first-order valence-electron chi connectivity index (χ1n) is 10.3. The normalized spacial score (nSPS) is 19.5. The average molecular weight is 527 g/mol. The van der Waals surface area contributed by atoms with Crippen molar-refractivity contribution in [1.82, 2.24) is 20.1 Å². The lowest BCUT2D eigenvalue weighted by Gasteiger charge is -2.27. The SMILES string of the molecule is CCn1nc(C(=O)NCC2CCC(S(C)(=O)=O)CC2)c(Cl)c1-c1cnc(Cl)cc1C(F)(F)F. The van der Waals surface area contributed by atoms with Crippen molar-refractivity contribution < 1.29 is 26.4 Å². The lowest BCUT2D eigenvalue weighted by Crippen LogP contribution is -2.34. The first-order valence-corrected chi connectivity index (χ1v) is 13.0. The second kappa shape index (κ2) is 9.79. The smallest absolute Gasteiger partial charge is 0.350 e. The number of nitrogens with one attached hydrogen (secondary N) is 1. The van der Waals surface area contributed by atoms with Crippen molar-refractivity contribution >= 4 is 38.9 Å².